The molecule has 0 amide bonds. The molecule has 0 saturated carbocycles. The summed E-state index contributed by atoms with van der Waals surface area (Å²) in [5.74, 6) is 0.202. The molecule has 1 fully saturated rings. The van der Waals surface area contributed by atoms with Crippen molar-refractivity contribution in [2.24, 2.45) is 0 Å². The lowest BCUT2D eigenvalue weighted by atomic mass is 9.88. The average molecular weight is 325 g/mol. The zero-order valence-corrected chi connectivity index (χ0v) is 13.4. The first-order chi connectivity index (χ1) is 8.93. The van der Waals surface area contributed by atoms with E-state index in [4.69, 9.17) is 0 Å². The van der Waals surface area contributed by atoms with E-state index >= 15 is 0 Å². The summed E-state index contributed by atoms with van der Waals surface area (Å²) >= 11 is 3.45. The fourth-order valence-electron chi connectivity index (χ4n) is 2.54. The SMILES string of the molecule is Cc1ccc(Br)cc1C(=O)C(C)(C)N1CCNCC1. The van der Waals surface area contributed by atoms with E-state index in [1.165, 1.54) is 0 Å². The van der Waals surface area contributed by atoms with Crippen LogP contribution in [0.1, 0.15) is 29.8 Å². The minimum atomic E-state index is -0.451. The largest absolute Gasteiger partial charge is 0.314 e. The summed E-state index contributed by atoms with van der Waals surface area (Å²) < 4.78 is 0.956. The van der Waals surface area contributed by atoms with E-state index in [2.05, 4.69) is 26.1 Å². The second-order valence-electron chi connectivity index (χ2n) is 5.58. The van der Waals surface area contributed by atoms with Crippen molar-refractivity contribution in [1.82, 2.24) is 10.2 Å². The molecule has 1 heterocycles. The minimum absolute atomic E-state index is 0.202. The van der Waals surface area contributed by atoms with Gasteiger partial charge in [0.2, 0.25) is 0 Å². The van der Waals surface area contributed by atoms with Crippen molar-refractivity contribution in [3.8, 4) is 0 Å². The molecule has 0 radical (unpaired) electrons. The van der Waals surface area contributed by atoms with Crippen LogP contribution in [0, 0.1) is 6.92 Å². The Hall–Kier alpha value is -0.710. The molecule has 1 aliphatic heterocycles. The van der Waals surface area contributed by atoms with Crippen molar-refractivity contribution >= 4 is 21.7 Å². The highest BCUT2D eigenvalue weighted by molar-refractivity contribution is 9.10. The molecule has 1 N–H and O–H groups in total. The van der Waals surface area contributed by atoms with Crippen LogP contribution in [0.4, 0.5) is 0 Å². The Morgan fingerprint density at radius 2 is 1.95 bits per heavy atom. The van der Waals surface area contributed by atoms with Crippen LogP contribution in [0.5, 0.6) is 0 Å². The Labute approximate surface area is 123 Å². The lowest BCUT2D eigenvalue weighted by Crippen LogP contribution is -2.57. The number of piperazine rings is 1. The highest BCUT2D eigenvalue weighted by atomic mass is 79.9. The van der Waals surface area contributed by atoms with E-state index in [9.17, 15) is 4.79 Å². The fourth-order valence-corrected chi connectivity index (χ4v) is 2.90. The maximum atomic E-state index is 12.9. The molecule has 1 saturated heterocycles. The van der Waals surface area contributed by atoms with Gasteiger partial charge in [0.05, 0.1) is 5.54 Å². The summed E-state index contributed by atoms with van der Waals surface area (Å²) in [5.41, 5.74) is 1.41. The van der Waals surface area contributed by atoms with Gasteiger partial charge in [0, 0.05) is 36.2 Å². The third kappa shape index (κ3) is 3.07. The Morgan fingerprint density at radius 3 is 2.58 bits per heavy atom. The van der Waals surface area contributed by atoms with E-state index in [1.807, 2.05) is 39.0 Å². The van der Waals surface area contributed by atoms with Gasteiger partial charge in [-0.15, -0.1) is 0 Å². The normalized spacial score (nSPS) is 17.5. The van der Waals surface area contributed by atoms with Crippen molar-refractivity contribution in [2.45, 2.75) is 26.3 Å². The summed E-state index contributed by atoms with van der Waals surface area (Å²) in [6.45, 7) is 9.80. The zero-order chi connectivity index (χ0) is 14.0. The lowest BCUT2D eigenvalue weighted by molar-refractivity contribution is 0.0602. The molecule has 1 aromatic carbocycles. The molecule has 1 aromatic rings. The Balaban J connectivity index is 2.28. The second kappa shape index (κ2) is 5.73. The lowest BCUT2D eigenvalue weighted by Gasteiger charge is -2.40. The molecule has 0 spiro atoms. The van der Waals surface area contributed by atoms with E-state index < -0.39 is 5.54 Å². The minimum Gasteiger partial charge on any atom is -0.314 e. The molecule has 19 heavy (non-hydrogen) atoms. The van der Waals surface area contributed by atoms with Crippen LogP contribution in [0.15, 0.2) is 22.7 Å². The number of benzene rings is 1. The van der Waals surface area contributed by atoms with Crippen LogP contribution >= 0.6 is 15.9 Å². The number of rotatable bonds is 3. The number of hydrogen-bond acceptors (Lipinski definition) is 3. The van der Waals surface area contributed by atoms with Gasteiger partial charge >= 0.3 is 0 Å². The zero-order valence-electron chi connectivity index (χ0n) is 11.8. The van der Waals surface area contributed by atoms with Crippen molar-refractivity contribution in [3.05, 3.63) is 33.8 Å². The van der Waals surface area contributed by atoms with Crippen molar-refractivity contribution in [1.29, 1.82) is 0 Å². The predicted octanol–water partition coefficient (Wildman–Crippen LogP) is 2.62. The van der Waals surface area contributed by atoms with Crippen LogP contribution in [-0.2, 0) is 0 Å². The summed E-state index contributed by atoms with van der Waals surface area (Å²) in [6.07, 6.45) is 0. The number of Topliss-reactive ketones (excluding diaryl/α,β-unsaturated/α-hetero) is 1. The molecular weight excluding hydrogens is 304 g/mol. The number of halogens is 1. The van der Waals surface area contributed by atoms with E-state index in [0.717, 1.165) is 41.8 Å². The number of ketones is 1. The predicted molar refractivity (Wildman–Crippen MR) is 81.7 cm³/mol. The number of carbonyl (C=O) groups is 1. The fraction of sp³-hybridized carbons (Fsp3) is 0.533. The van der Waals surface area contributed by atoms with Gasteiger partial charge in [-0.2, -0.15) is 0 Å². The standard InChI is InChI=1S/C15H21BrN2O/c1-11-4-5-12(16)10-13(11)14(19)15(2,3)18-8-6-17-7-9-18/h4-5,10,17H,6-9H2,1-3H3. The number of nitrogens with zero attached hydrogens (tertiary/aromatic N) is 1. The van der Waals surface area contributed by atoms with Gasteiger partial charge in [-0.3, -0.25) is 9.69 Å². The van der Waals surface area contributed by atoms with E-state index in [0.29, 0.717) is 0 Å². The number of hydrogen-bond donors (Lipinski definition) is 1. The molecule has 0 atom stereocenters. The monoisotopic (exact) mass is 324 g/mol. The Kier molecular flexibility index (Phi) is 4.43. The highest BCUT2D eigenvalue weighted by Crippen LogP contribution is 2.25. The third-order valence-electron chi connectivity index (χ3n) is 3.91. The van der Waals surface area contributed by atoms with Crippen molar-refractivity contribution < 1.29 is 4.79 Å². The van der Waals surface area contributed by atoms with Crippen LogP contribution < -0.4 is 5.32 Å². The smallest absolute Gasteiger partial charge is 0.182 e. The molecule has 2 rings (SSSR count). The quantitative estimate of drug-likeness (QED) is 0.867. The molecule has 0 aliphatic carbocycles. The first-order valence-corrected chi connectivity index (χ1v) is 7.49. The van der Waals surface area contributed by atoms with Gasteiger partial charge < -0.3 is 5.32 Å². The molecular formula is C15H21BrN2O. The molecule has 4 heteroatoms. The van der Waals surface area contributed by atoms with Gasteiger partial charge in [-0.05, 0) is 38.5 Å². The molecule has 0 aromatic heterocycles. The topological polar surface area (TPSA) is 32.3 Å². The van der Waals surface area contributed by atoms with Crippen LogP contribution in [0.25, 0.3) is 0 Å². The second-order valence-corrected chi connectivity index (χ2v) is 6.50. The van der Waals surface area contributed by atoms with Crippen LogP contribution in [-0.4, -0.2) is 42.4 Å². The maximum Gasteiger partial charge on any atom is 0.182 e. The van der Waals surface area contributed by atoms with Gasteiger partial charge in [0.1, 0.15) is 0 Å². The van der Waals surface area contributed by atoms with Gasteiger partial charge in [-0.1, -0.05) is 22.0 Å². The summed E-state index contributed by atoms with van der Waals surface area (Å²) in [7, 11) is 0. The van der Waals surface area contributed by atoms with Crippen LogP contribution in [0.3, 0.4) is 0 Å². The first-order valence-electron chi connectivity index (χ1n) is 6.69. The van der Waals surface area contributed by atoms with Crippen molar-refractivity contribution in [3.63, 3.8) is 0 Å². The summed E-state index contributed by atoms with van der Waals surface area (Å²) in [6, 6.07) is 5.90. The average Bonchev–Trinajstić information content (AvgIpc) is 2.41. The van der Waals surface area contributed by atoms with E-state index in [1.54, 1.807) is 0 Å². The first kappa shape index (κ1) is 14.7. The molecule has 1 aliphatic rings. The maximum absolute atomic E-state index is 12.9. The van der Waals surface area contributed by atoms with Crippen LogP contribution in [0.2, 0.25) is 0 Å². The van der Waals surface area contributed by atoms with Gasteiger partial charge in [0.15, 0.2) is 5.78 Å². The number of aryl methyl sites for hydroxylation is 1. The number of nitrogens with one attached hydrogen (secondary N) is 1. The molecule has 104 valence electrons. The Bertz CT molecular complexity index is 479. The van der Waals surface area contributed by atoms with Crippen molar-refractivity contribution in [2.75, 3.05) is 26.2 Å². The Morgan fingerprint density at radius 1 is 1.32 bits per heavy atom. The number of carbonyl (C=O) groups excluding carboxylic acids is 1. The summed E-state index contributed by atoms with van der Waals surface area (Å²) in [4.78, 5) is 15.1. The van der Waals surface area contributed by atoms with Gasteiger partial charge in [-0.25, -0.2) is 0 Å². The summed E-state index contributed by atoms with van der Waals surface area (Å²) in [5, 5.41) is 3.33. The third-order valence-corrected chi connectivity index (χ3v) is 4.40. The molecule has 0 unspecified atom stereocenters. The molecule has 0 bridgehead atoms. The molecule has 3 nitrogen and oxygen atoms in total. The van der Waals surface area contributed by atoms with Gasteiger partial charge in [0.25, 0.3) is 0 Å². The highest BCUT2D eigenvalue weighted by Gasteiger charge is 2.36. The van der Waals surface area contributed by atoms with E-state index in [-0.39, 0.29) is 5.78 Å².